The van der Waals surface area contributed by atoms with Crippen molar-refractivity contribution >= 4 is 66.7 Å². The molecule has 2 heterocycles. The molecule has 13 rings (SSSR count). The van der Waals surface area contributed by atoms with Gasteiger partial charge in [0.15, 0.2) is 0 Å². The number of carbonyl (C=O) groups is 4. The molecule has 0 atom stereocenters. The minimum Gasteiger partial charge on any atom is -0.455 e. The molecular weight excluding hydrogens is 845 g/mol. The molecule has 0 aliphatic carbocycles. The predicted octanol–water partition coefficient (Wildman–Crippen LogP) is 13.8. The molecule has 0 bridgehead atoms. The third-order valence-electron chi connectivity index (χ3n) is 13.3. The first-order valence-electron chi connectivity index (χ1n) is 22.2. The van der Waals surface area contributed by atoms with Gasteiger partial charge in [0.25, 0.3) is 23.6 Å². The summed E-state index contributed by atoms with van der Waals surface area (Å²) in [5.74, 6) is -0.368. The molecule has 0 fully saturated rings. The van der Waals surface area contributed by atoms with E-state index < -0.39 is 23.6 Å². The lowest BCUT2D eigenvalue weighted by Crippen LogP contribution is -2.35. The molecule has 0 saturated carbocycles. The zero-order valence-electron chi connectivity index (χ0n) is 35.9. The number of hydrogen-bond donors (Lipinski definition) is 2. The molecule has 8 nitrogen and oxygen atoms in total. The van der Waals surface area contributed by atoms with Crippen LogP contribution in [0.5, 0.6) is 23.0 Å². The fraction of sp³-hybridized carbons (Fsp3) is 0. The molecule has 68 heavy (non-hydrogen) atoms. The molecular formula is C60H34N2O6. The highest BCUT2D eigenvalue weighted by Crippen LogP contribution is 2.54. The highest BCUT2D eigenvalue weighted by atomic mass is 16.5. The summed E-state index contributed by atoms with van der Waals surface area (Å²) in [5, 5.41) is 9.72. The molecule has 320 valence electrons. The number of carbonyl (C=O) groups excluding carboxylic acids is 4. The van der Waals surface area contributed by atoms with Crippen LogP contribution in [0.1, 0.15) is 41.4 Å². The van der Waals surface area contributed by atoms with E-state index in [0.29, 0.717) is 77.2 Å². The minimum absolute atomic E-state index is 0.264. The summed E-state index contributed by atoms with van der Waals surface area (Å²) in [6, 6.07) is 62.5. The SMILES string of the molecule is O=C1NC(=O)c2cc(Oc3c(-c4ccccc4)cccc3-c3ccccc3)c3c4ccc5c6c(cc(Oc7c(-c8ccccc8)cccc7-c7ccccc7)c(c7ccc1c2c73)c64)C(=O)NC5=O. The number of amides is 4. The summed E-state index contributed by atoms with van der Waals surface area (Å²) in [5.41, 5.74) is 8.14. The third kappa shape index (κ3) is 5.87. The monoisotopic (exact) mass is 878 g/mol. The molecule has 11 aromatic carbocycles. The second-order valence-corrected chi connectivity index (χ2v) is 17.0. The second-order valence-electron chi connectivity index (χ2n) is 17.0. The zero-order valence-corrected chi connectivity index (χ0v) is 35.9. The molecule has 4 amide bonds. The van der Waals surface area contributed by atoms with Crippen LogP contribution in [-0.2, 0) is 0 Å². The molecule has 0 radical (unpaired) electrons. The molecule has 2 aliphatic rings. The summed E-state index contributed by atoms with van der Waals surface area (Å²) in [6.45, 7) is 0. The average Bonchev–Trinajstić information content (AvgIpc) is 3.38. The lowest BCUT2D eigenvalue weighted by molar-refractivity contribution is 0.0828. The Labute approximate surface area is 388 Å². The van der Waals surface area contributed by atoms with Crippen LogP contribution in [-0.4, -0.2) is 23.6 Å². The summed E-state index contributed by atoms with van der Waals surface area (Å²) < 4.78 is 14.7. The van der Waals surface area contributed by atoms with Crippen molar-refractivity contribution in [3.05, 3.63) is 216 Å². The normalized spacial score (nSPS) is 13.1. The van der Waals surface area contributed by atoms with Crippen molar-refractivity contribution < 1.29 is 28.7 Å². The van der Waals surface area contributed by atoms with Crippen molar-refractivity contribution in [1.29, 1.82) is 0 Å². The van der Waals surface area contributed by atoms with Crippen molar-refractivity contribution in [3.8, 4) is 67.5 Å². The molecule has 2 N–H and O–H groups in total. The Hall–Kier alpha value is -9.40. The largest absolute Gasteiger partial charge is 0.455 e. The average molecular weight is 879 g/mol. The quantitative estimate of drug-likeness (QED) is 0.0893. The molecule has 0 aromatic heterocycles. The maximum absolute atomic E-state index is 14.2. The van der Waals surface area contributed by atoms with Gasteiger partial charge in [-0.2, -0.15) is 0 Å². The Morgan fingerprint density at radius 1 is 0.265 bits per heavy atom. The maximum atomic E-state index is 14.2. The summed E-state index contributed by atoms with van der Waals surface area (Å²) in [6.07, 6.45) is 0. The van der Waals surface area contributed by atoms with Crippen LogP contribution < -0.4 is 20.1 Å². The zero-order chi connectivity index (χ0) is 45.6. The molecule has 8 heteroatoms. The number of benzene rings is 11. The van der Waals surface area contributed by atoms with E-state index in [9.17, 15) is 19.2 Å². The van der Waals surface area contributed by atoms with Gasteiger partial charge in [0.2, 0.25) is 0 Å². The van der Waals surface area contributed by atoms with Crippen molar-refractivity contribution in [2.24, 2.45) is 0 Å². The van der Waals surface area contributed by atoms with Crippen molar-refractivity contribution in [1.82, 2.24) is 10.6 Å². The van der Waals surface area contributed by atoms with Gasteiger partial charge in [-0.1, -0.05) is 170 Å². The van der Waals surface area contributed by atoms with Crippen LogP contribution in [0.15, 0.2) is 194 Å². The van der Waals surface area contributed by atoms with Crippen molar-refractivity contribution in [2.75, 3.05) is 0 Å². The Balaban J connectivity index is 1.17. The van der Waals surface area contributed by atoms with Crippen LogP contribution in [0.2, 0.25) is 0 Å². The Bertz CT molecular complexity index is 3590. The summed E-state index contributed by atoms with van der Waals surface area (Å²) >= 11 is 0. The number of nitrogens with one attached hydrogen (secondary N) is 2. The first-order chi connectivity index (χ1) is 33.4. The van der Waals surface area contributed by atoms with Gasteiger partial charge in [-0.05, 0) is 57.3 Å². The first kappa shape index (κ1) is 39.0. The molecule has 0 spiro atoms. The van der Waals surface area contributed by atoms with E-state index in [2.05, 4.69) is 10.6 Å². The smallest absolute Gasteiger partial charge is 0.258 e. The fourth-order valence-corrected chi connectivity index (χ4v) is 10.3. The second kappa shape index (κ2) is 15.1. The lowest BCUT2D eigenvalue weighted by atomic mass is 9.82. The van der Waals surface area contributed by atoms with Gasteiger partial charge < -0.3 is 9.47 Å². The van der Waals surface area contributed by atoms with E-state index in [1.54, 1.807) is 24.3 Å². The number of rotatable bonds is 8. The van der Waals surface area contributed by atoms with Gasteiger partial charge >= 0.3 is 0 Å². The van der Waals surface area contributed by atoms with E-state index in [1.165, 1.54) is 0 Å². The van der Waals surface area contributed by atoms with Crippen molar-refractivity contribution in [2.45, 2.75) is 0 Å². The van der Waals surface area contributed by atoms with E-state index in [0.717, 1.165) is 44.5 Å². The molecule has 2 aliphatic heterocycles. The topological polar surface area (TPSA) is 111 Å². The number of ether oxygens (including phenoxy) is 2. The van der Waals surface area contributed by atoms with E-state index in [4.69, 9.17) is 9.47 Å². The van der Waals surface area contributed by atoms with Crippen molar-refractivity contribution in [3.63, 3.8) is 0 Å². The first-order valence-corrected chi connectivity index (χ1v) is 22.2. The van der Waals surface area contributed by atoms with Gasteiger partial charge in [-0.3, -0.25) is 29.8 Å². The third-order valence-corrected chi connectivity index (χ3v) is 13.3. The highest BCUT2D eigenvalue weighted by molar-refractivity contribution is 6.43. The predicted molar refractivity (Wildman–Crippen MR) is 266 cm³/mol. The van der Waals surface area contributed by atoms with Crippen LogP contribution in [0.25, 0.3) is 87.6 Å². The molecule has 0 saturated heterocycles. The number of fused-ring (bicyclic) bond motifs is 2. The Morgan fingerprint density at radius 2 is 0.574 bits per heavy atom. The number of para-hydroxylation sites is 2. The molecule has 0 unspecified atom stereocenters. The van der Waals surface area contributed by atoms with E-state index in [-0.39, 0.29) is 11.1 Å². The standard InChI is InChI=1S/C60H34N2O6/c63-57-43-30-28-42-52-48(68-56-39(35-19-9-3-10-20-35)25-14-26-40(56)36-21-11-4-12-22-36)32-46-50-44(58(64)62-60(46)66)29-27-41(54(50)52)51-47(31-45(59(65)61-57)49(43)53(42)51)67-55-37(33-15-5-1-6-16-33)23-13-24-38(55)34-17-7-2-8-18-34/h1-32H,(H,61,63,65)(H,62,64,66). The number of imide groups is 2. The Kier molecular flexibility index (Phi) is 8.65. The van der Waals surface area contributed by atoms with E-state index >= 15 is 0 Å². The fourth-order valence-electron chi connectivity index (χ4n) is 10.3. The molecule has 11 aromatic rings. The summed E-state index contributed by atoms with van der Waals surface area (Å²) in [7, 11) is 0. The van der Waals surface area contributed by atoms with Crippen LogP contribution in [0, 0.1) is 0 Å². The van der Waals surface area contributed by atoms with Crippen LogP contribution in [0.3, 0.4) is 0 Å². The highest BCUT2D eigenvalue weighted by Gasteiger charge is 2.35. The number of hydrogen-bond acceptors (Lipinski definition) is 6. The van der Waals surface area contributed by atoms with Gasteiger partial charge in [0.1, 0.15) is 23.0 Å². The van der Waals surface area contributed by atoms with Crippen LogP contribution >= 0.6 is 0 Å². The van der Waals surface area contributed by atoms with Crippen LogP contribution in [0.4, 0.5) is 0 Å². The lowest BCUT2D eigenvalue weighted by Gasteiger charge is -2.27. The van der Waals surface area contributed by atoms with Gasteiger partial charge in [-0.15, -0.1) is 0 Å². The van der Waals surface area contributed by atoms with Gasteiger partial charge in [-0.25, -0.2) is 0 Å². The van der Waals surface area contributed by atoms with Gasteiger partial charge in [0.05, 0.1) is 11.1 Å². The van der Waals surface area contributed by atoms with E-state index in [1.807, 2.05) is 170 Å². The summed E-state index contributed by atoms with van der Waals surface area (Å²) in [4.78, 5) is 56.0. The van der Waals surface area contributed by atoms with Gasteiger partial charge in [0, 0.05) is 65.7 Å². The maximum Gasteiger partial charge on any atom is 0.258 e. The Morgan fingerprint density at radius 3 is 0.897 bits per heavy atom. The minimum atomic E-state index is -0.560.